The molecule has 3 rings (SSSR count). The minimum Gasteiger partial charge on any atom is -0.399 e. The minimum atomic E-state index is -3.68. The lowest BCUT2D eigenvalue weighted by Gasteiger charge is -2.05. The lowest BCUT2D eigenvalue weighted by atomic mass is 10.3. The molecule has 1 aromatic heterocycles. The van der Waals surface area contributed by atoms with Crippen LogP contribution in [0.1, 0.15) is 11.3 Å². The Morgan fingerprint density at radius 2 is 1.31 bits per heavy atom. The van der Waals surface area contributed by atoms with Crippen molar-refractivity contribution >= 4 is 54.6 Å². The van der Waals surface area contributed by atoms with Gasteiger partial charge in [-0.3, -0.25) is 4.72 Å². The van der Waals surface area contributed by atoms with Gasteiger partial charge in [-0.1, -0.05) is 5.16 Å². The van der Waals surface area contributed by atoms with Gasteiger partial charge in [0.15, 0.2) is 5.11 Å². The Morgan fingerprint density at radius 3 is 1.69 bits per heavy atom. The number of nitrogens with one attached hydrogen (secondary N) is 2. The number of nitrogens with zero attached hydrogens (tertiary/aromatic N) is 1. The number of anilines is 3. The number of hydrogen-bond donors (Lipinski definition) is 5. The van der Waals surface area contributed by atoms with E-state index in [-0.39, 0.29) is 20.8 Å². The number of rotatable bonds is 5. The topological polar surface area (TPSA) is 196 Å². The Morgan fingerprint density at radius 1 is 0.875 bits per heavy atom. The monoisotopic (exact) mass is 498 g/mol. The van der Waals surface area contributed by atoms with Crippen LogP contribution in [0.5, 0.6) is 0 Å². The van der Waals surface area contributed by atoms with Crippen LogP contribution in [0.3, 0.4) is 0 Å². The maximum Gasteiger partial charge on any atom is 0.264 e. The number of aryl methyl sites for hydroxylation is 1. The standard InChI is InChI=1S/C11H13N3O3S.C7H9N3O2S2/c1-7-8(2)13-17-11(7)14-18(15,16)10-5-3-9(12)4-6-10;8-5-1-3-6(4-2-5)14(11,12)10-7(9)13/h3-6,14H,12H2,1-2H3;1-4H,8H2,(H3,9,10,13). The Balaban J connectivity index is 0.000000235. The Hall–Kier alpha value is -3.36. The fraction of sp³-hybridized carbons (Fsp3) is 0.111. The van der Waals surface area contributed by atoms with Gasteiger partial charge in [0.25, 0.3) is 20.0 Å². The highest BCUT2D eigenvalue weighted by molar-refractivity contribution is 7.92. The fourth-order valence-corrected chi connectivity index (χ4v) is 4.43. The average molecular weight is 499 g/mol. The maximum absolute atomic E-state index is 12.0. The van der Waals surface area contributed by atoms with Gasteiger partial charge in [0.2, 0.25) is 5.88 Å². The van der Waals surface area contributed by atoms with Crippen molar-refractivity contribution in [1.29, 1.82) is 0 Å². The molecule has 0 aliphatic carbocycles. The summed E-state index contributed by atoms with van der Waals surface area (Å²) in [5.41, 5.74) is 18.3. The lowest BCUT2D eigenvalue weighted by Crippen LogP contribution is -2.34. The Labute approximate surface area is 191 Å². The van der Waals surface area contributed by atoms with Crippen molar-refractivity contribution in [3.8, 4) is 0 Å². The largest absolute Gasteiger partial charge is 0.399 e. The summed E-state index contributed by atoms with van der Waals surface area (Å²) in [5.74, 6) is 0.129. The third kappa shape index (κ3) is 6.57. The summed E-state index contributed by atoms with van der Waals surface area (Å²) in [6.07, 6.45) is 0. The summed E-state index contributed by atoms with van der Waals surface area (Å²) in [6.45, 7) is 3.46. The van der Waals surface area contributed by atoms with Crippen molar-refractivity contribution < 1.29 is 21.4 Å². The van der Waals surface area contributed by atoms with Gasteiger partial charge in [0.1, 0.15) is 0 Å². The molecule has 32 heavy (non-hydrogen) atoms. The van der Waals surface area contributed by atoms with Crippen LogP contribution in [0.25, 0.3) is 0 Å². The second-order valence-corrected chi connectivity index (χ2v) is 10.2. The van der Waals surface area contributed by atoms with Gasteiger partial charge in [-0.2, -0.15) is 0 Å². The number of sulfonamides is 2. The number of nitrogens with two attached hydrogens (primary N) is 3. The van der Waals surface area contributed by atoms with Crippen molar-refractivity contribution in [2.45, 2.75) is 23.6 Å². The smallest absolute Gasteiger partial charge is 0.264 e. The van der Waals surface area contributed by atoms with E-state index in [2.05, 4.69) is 22.1 Å². The zero-order chi connectivity index (χ0) is 24.1. The van der Waals surface area contributed by atoms with E-state index in [4.69, 9.17) is 21.7 Å². The molecule has 2 aromatic carbocycles. The molecule has 14 heteroatoms. The molecular weight excluding hydrogens is 476 g/mol. The van der Waals surface area contributed by atoms with Gasteiger partial charge in [-0.15, -0.1) is 0 Å². The first-order valence-corrected chi connectivity index (χ1v) is 12.2. The number of aromatic nitrogens is 1. The second-order valence-electron chi connectivity index (χ2n) is 6.44. The summed E-state index contributed by atoms with van der Waals surface area (Å²) < 4.78 is 56.2. The molecule has 0 atom stereocenters. The first-order valence-electron chi connectivity index (χ1n) is 8.81. The highest BCUT2D eigenvalue weighted by Gasteiger charge is 2.18. The molecule has 0 radical (unpaired) electrons. The van der Waals surface area contributed by atoms with Crippen molar-refractivity contribution in [2.24, 2.45) is 5.73 Å². The number of nitrogen functional groups attached to an aromatic ring is 2. The number of thiocarbonyl (C=S) groups is 1. The molecule has 11 nitrogen and oxygen atoms in total. The lowest BCUT2D eigenvalue weighted by molar-refractivity contribution is 0.430. The predicted molar refractivity (Wildman–Crippen MR) is 126 cm³/mol. The van der Waals surface area contributed by atoms with Gasteiger partial charge < -0.3 is 21.7 Å². The summed E-state index contributed by atoms with van der Waals surface area (Å²) >= 11 is 4.43. The summed E-state index contributed by atoms with van der Waals surface area (Å²) in [5, 5.41) is 3.40. The maximum atomic E-state index is 12.0. The Bertz CT molecular complexity index is 1300. The van der Waals surface area contributed by atoms with E-state index in [1.54, 1.807) is 13.8 Å². The highest BCUT2D eigenvalue weighted by Crippen LogP contribution is 2.22. The van der Waals surface area contributed by atoms with E-state index in [0.29, 0.717) is 22.6 Å². The van der Waals surface area contributed by atoms with E-state index in [1.807, 2.05) is 4.72 Å². The zero-order valence-corrected chi connectivity index (χ0v) is 19.5. The SMILES string of the molecule is Cc1noc(NS(=O)(=O)c2ccc(N)cc2)c1C.NC(=S)NS(=O)(=O)c1ccc(N)cc1. The van der Waals surface area contributed by atoms with Crippen LogP contribution < -0.4 is 26.6 Å². The molecule has 8 N–H and O–H groups in total. The molecule has 3 aromatic rings. The van der Waals surface area contributed by atoms with Gasteiger partial charge in [-0.05, 0) is 74.6 Å². The van der Waals surface area contributed by atoms with Crippen LogP contribution in [0, 0.1) is 13.8 Å². The molecule has 0 amide bonds. The molecular formula is C18H22N6O5S3. The number of hydrogen-bond acceptors (Lipinski definition) is 9. The molecule has 0 saturated heterocycles. The third-order valence-corrected chi connectivity index (χ3v) is 6.96. The van der Waals surface area contributed by atoms with Crippen molar-refractivity contribution in [3.63, 3.8) is 0 Å². The molecule has 0 fully saturated rings. The fourth-order valence-electron chi connectivity index (χ4n) is 2.18. The summed E-state index contributed by atoms with van der Waals surface area (Å²) in [4.78, 5) is 0.185. The molecule has 0 bridgehead atoms. The minimum absolute atomic E-state index is 0.0690. The van der Waals surface area contributed by atoms with E-state index in [0.717, 1.165) is 0 Å². The first-order chi connectivity index (χ1) is 14.8. The van der Waals surface area contributed by atoms with Crippen LogP contribution >= 0.6 is 12.2 Å². The van der Waals surface area contributed by atoms with E-state index >= 15 is 0 Å². The molecule has 0 unspecified atom stereocenters. The molecule has 0 aliphatic heterocycles. The molecule has 0 aliphatic rings. The number of benzene rings is 2. The predicted octanol–water partition coefficient (Wildman–Crippen LogP) is 1.47. The molecule has 1 heterocycles. The highest BCUT2D eigenvalue weighted by atomic mass is 32.2. The van der Waals surface area contributed by atoms with Crippen molar-refractivity contribution in [1.82, 2.24) is 9.88 Å². The summed E-state index contributed by atoms with van der Waals surface area (Å²) in [7, 11) is -7.33. The normalized spacial score (nSPS) is 11.2. The van der Waals surface area contributed by atoms with E-state index in [1.165, 1.54) is 48.5 Å². The van der Waals surface area contributed by atoms with E-state index < -0.39 is 20.0 Å². The van der Waals surface area contributed by atoms with Crippen molar-refractivity contribution in [2.75, 3.05) is 16.2 Å². The Kier molecular flexibility index (Phi) is 7.66. The van der Waals surface area contributed by atoms with Gasteiger partial charge >= 0.3 is 0 Å². The van der Waals surface area contributed by atoms with E-state index in [9.17, 15) is 16.8 Å². The quantitative estimate of drug-likeness (QED) is 0.254. The summed E-state index contributed by atoms with van der Waals surface area (Å²) in [6, 6.07) is 11.6. The average Bonchev–Trinajstić information content (AvgIpc) is 3.00. The molecule has 0 spiro atoms. The van der Waals surface area contributed by atoms with Gasteiger partial charge in [-0.25, -0.2) is 21.6 Å². The second kappa shape index (κ2) is 9.84. The first kappa shape index (κ1) is 24.9. The zero-order valence-electron chi connectivity index (χ0n) is 17.1. The van der Waals surface area contributed by atoms with Crippen molar-refractivity contribution in [3.05, 3.63) is 59.8 Å². The third-order valence-electron chi connectivity index (χ3n) is 4.00. The van der Waals surface area contributed by atoms with Crippen LogP contribution in [-0.4, -0.2) is 27.1 Å². The van der Waals surface area contributed by atoms with Crippen LogP contribution in [-0.2, 0) is 20.0 Å². The molecule has 0 saturated carbocycles. The molecule has 172 valence electrons. The van der Waals surface area contributed by atoms with Crippen LogP contribution in [0.15, 0.2) is 62.8 Å². The van der Waals surface area contributed by atoms with Gasteiger partial charge in [0.05, 0.1) is 15.5 Å². The van der Waals surface area contributed by atoms with Gasteiger partial charge in [0, 0.05) is 16.9 Å². The van der Waals surface area contributed by atoms with Crippen LogP contribution in [0.2, 0.25) is 0 Å². The van der Waals surface area contributed by atoms with Crippen LogP contribution in [0.4, 0.5) is 17.3 Å².